The number of rotatable bonds is 2. The van der Waals surface area contributed by atoms with Crippen LogP contribution in [0.15, 0.2) is 36.5 Å². The Hall–Kier alpha value is -1.35. The van der Waals surface area contributed by atoms with Gasteiger partial charge in [0.15, 0.2) is 0 Å². The summed E-state index contributed by atoms with van der Waals surface area (Å²) < 4.78 is 14.3. The van der Waals surface area contributed by atoms with Crippen molar-refractivity contribution >= 4 is 11.6 Å². The largest absolute Gasteiger partial charge is 0.237 e. The van der Waals surface area contributed by atoms with Crippen molar-refractivity contribution in [1.82, 2.24) is 9.78 Å². The summed E-state index contributed by atoms with van der Waals surface area (Å²) in [6.45, 7) is 0. The van der Waals surface area contributed by atoms with E-state index in [0.717, 1.165) is 11.4 Å². The molecule has 0 fully saturated rings. The summed E-state index contributed by atoms with van der Waals surface area (Å²) in [5.74, 6) is 0.130. The standard InChI is InChI=1S/C10H8ClFN2/c11-7-10-5-6-13-14(10)9-3-1-8(12)2-4-9/h1-6H,7H2. The summed E-state index contributed by atoms with van der Waals surface area (Å²) in [5.41, 5.74) is 1.70. The minimum absolute atomic E-state index is 0.256. The number of benzene rings is 1. The summed E-state index contributed by atoms with van der Waals surface area (Å²) in [6.07, 6.45) is 1.67. The molecule has 1 aromatic carbocycles. The number of alkyl halides is 1. The summed E-state index contributed by atoms with van der Waals surface area (Å²) in [6, 6.07) is 7.96. The average molecular weight is 211 g/mol. The molecule has 0 bridgehead atoms. The third-order valence-corrected chi connectivity index (χ3v) is 2.20. The molecule has 1 aromatic heterocycles. The van der Waals surface area contributed by atoms with Gasteiger partial charge in [-0.15, -0.1) is 11.6 Å². The Labute approximate surface area is 85.9 Å². The minimum atomic E-state index is -0.256. The van der Waals surface area contributed by atoms with Gasteiger partial charge in [-0.1, -0.05) is 0 Å². The summed E-state index contributed by atoms with van der Waals surface area (Å²) >= 11 is 5.72. The second-order valence-corrected chi connectivity index (χ2v) is 3.11. The number of nitrogens with zero attached hydrogens (tertiary/aromatic N) is 2. The first-order chi connectivity index (χ1) is 6.81. The lowest BCUT2D eigenvalue weighted by molar-refractivity contribution is 0.627. The summed E-state index contributed by atoms with van der Waals surface area (Å²) in [7, 11) is 0. The number of halogens is 2. The molecule has 2 aromatic rings. The molecule has 0 aliphatic heterocycles. The van der Waals surface area contributed by atoms with E-state index in [1.165, 1.54) is 12.1 Å². The average Bonchev–Trinajstić information content (AvgIpc) is 2.67. The van der Waals surface area contributed by atoms with E-state index >= 15 is 0 Å². The van der Waals surface area contributed by atoms with E-state index in [1.807, 2.05) is 6.07 Å². The molecule has 2 nitrogen and oxygen atoms in total. The molecule has 14 heavy (non-hydrogen) atoms. The number of aromatic nitrogens is 2. The molecule has 0 unspecified atom stereocenters. The fourth-order valence-electron chi connectivity index (χ4n) is 1.25. The maximum atomic E-state index is 12.7. The van der Waals surface area contributed by atoms with Crippen LogP contribution in [0.2, 0.25) is 0 Å². The molecule has 4 heteroatoms. The molecule has 0 aliphatic rings. The van der Waals surface area contributed by atoms with Gasteiger partial charge in [-0.3, -0.25) is 0 Å². The van der Waals surface area contributed by atoms with Crippen LogP contribution in [0.1, 0.15) is 5.69 Å². The van der Waals surface area contributed by atoms with Gasteiger partial charge < -0.3 is 0 Å². The number of hydrogen-bond acceptors (Lipinski definition) is 1. The molecule has 0 spiro atoms. The highest BCUT2D eigenvalue weighted by atomic mass is 35.5. The van der Waals surface area contributed by atoms with E-state index in [1.54, 1.807) is 23.0 Å². The summed E-state index contributed by atoms with van der Waals surface area (Å²) in [4.78, 5) is 0. The molecule has 1 heterocycles. The zero-order chi connectivity index (χ0) is 9.97. The van der Waals surface area contributed by atoms with Crippen LogP contribution in [-0.4, -0.2) is 9.78 Å². The van der Waals surface area contributed by atoms with E-state index in [0.29, 0.717) is 5.88 Å². The van der Waals surface area contributed by atoms with Crippen molar-refractivity contribution in [3.8, 4) is 5.69 Å². The second-order valence-electron chi connectivity index (χ2n) is 2.84. The minimum Gasteiger partial charge on any atom is -0.237 e. The van der Waals surface area contributed by atoms with Crippen molar-refractivity contribution in [2.45, 2.75) is 5.88 Å². The maximum absolute atomic E-state index is 12.7. The van der Waals surface area contributed by atoms with E-state index < -0.39 is 0 Å². The third-order valence-electron chi connectivity index (χ3n) is 1.93. The fraction of sp³-hybridized carbons (Fsp3) is 0.100. The van der Waals surface area contributed by atoms with Gasteiger partial charge in [-0.25, -0.2) is 9.07 Å². The van der Waals surface area contributed by atoms with Crippen LogP contribution in [0.4, 0.5) is 4.39 Å². The molecule has 0 radical (unpaired) electrons. The maximum Gasteiger partial charge on any atom is 0.123 e. The Bertz CT molecular complexity index is 422. The predicted molar refractivity (Wildman–Crippen MR) is 53.1 cm³/mol. The Morgan fingerprint density at radius 1 is 1.21 bits per heavy atom. The SMILES string of the molecule is Fc1ccc(-n2nccc2CCl)cc1. The first kappa shape index (κ1) is 9.21. The van der Waals surface area contributed by atoms with Crippen molar-refractivity contribution in [2.75, 3.05) is 0 Å². The predicted octanol–water partition coefficient (Wildman–Crippen LogP) is 2.75. The topological polar surface area (TPSA) is 17.8 Å². The van der Waals surface area contributed by atoms with Gasteiger partial charge >= 0.3 is 0 Å². The van der Waals surface area contributed by atoms with Crippen molar-refractivity contribution in [3.05, 3.63) is 48.0 Å². The Morgan fingerprint density at radius 2 is 1.93 bits per heavy atom. The van der Waals surface area contributed by atoms with Crippen LogP contribution in [-0.2, 0) is 5.88 Å². The molecular weight excluding hydrogens is 203 g/mol. The highest BCUT2D eigenvalue weighted by Crippen LogP contribution is 2.12. The molecule has 0 amide bonds. The van der Waals surface area contributed by atoms with Crippen molar-refractivity contribution in [2.24, 2.45) is 0 Å². The Balaban J connectivity index is 2.44. The lowest BCUT2D eigenvalue weighted by atomic mass is 10.3. The number of hydrogen-bond donors (Lipinski definition) is 0. The lowest BCUT2D eigenvalue weighted by Crippen LogP contribution is -1.99. The van der Waals surface area contributed by atoms with Crippen LogP contribution in [0.3, 0.4) is 0 Å². The van der Waals surface area contributed by atoms with Gasteiger partial charge in [0.1, 0.15) is 5.82 Å². The van der Waals surface area contributed by atoms with Crippen LogP contribution in [0.5, 0.6) is 0 Å². The Kier molecular flexibility index (Phi) is 2.50. The normalized spacial score (nSPS) is 10.4. The second kappa shape index (κ2) is 3.80. The van der Waals surface area contributed by atoms with Crippen LogP contribution < -0.4 is 0 Å². The van der Waals surface area contributed by atoms with Crippen molar-refractivity contribution in [3.63, 3.8) is 0 Å². The lowest BCUT2D eigenvalue weighted by Gasteiger charge is -2.04. The van der Waals surface area contributed by atoms with Crippen molar-refractivity contribution in [1.29, 1.82) is 0 Å². The molecule has 2 rings (SSSR count). The fourth-order valence-corrected chi connectivity index (χ4v) is 1.45. The molecule has 0 saturated heterocycles. The highest BCUT2D eigenvalue weighted by Gasteiger charge is 2.02. The van der Waals surface area contributed by atoms with E-state index in [2.05, 4.69) is 5.10 Å². The van der Waals surface area contributed by atoms with Gasteiger partial charge in [0.05, 0.1) is 17.3 Å². The zero-order valence-electron chi connectivity index (χ0n) is 7.32. The smallest absolute Gasteiger partial charge is 0.123 e. The third kappa shape index (κ3) is 1.63. The first-order valence-corrected chi connectivity index (χ1v) is 4.69. The van der Waals surface area contributed by atoms with Gasteiger partial charge in [-0.2, -0.15) is 5.10 Å². The van der Waals surface area contributed by atoms with Crippen LogP contribution in [0, 0.1) is 5.82 Å². The van der Waals surface area contributed by atoms with Crippen molar-refractivity contribution < 1.29 is 4.39 Å². The Morgan fingerprint density at radius 3 is 2.57 bits per heavy atom. The highest BCUT2D eigenvalue weighted by molar-refractivity contribution is 6.16. The van der Waals surface area contributed by atoms with Gasteiger partial charge in [0, 0.05) is 6.20 Å². The quantitative estimate of drug-likeness (QED) is 0.697. The first-order valence-electron chi connectivity index (χ1n) is 4.16. The zero-order valence-corrected chi connectivity index (χ0v) is 8.08. The van der Waals surface area contributed by atoms with E-state index in [-0.39, 0.29) is 5.82 Å². The summed E-state index contributed by atoms with van der Waals surface area (Å²) in [5, 5.41) is 4.10. The van der Waals surface area contributed by atoms with Gasteiger partial charge in [0.2, 0.25) is 0 Å². The van der Waals surface area contributed by atoms with Gasteiger partial charge in [-0.05, 0) is 30.3 Å². The monoisotopic (exact) mass is 210 g/mol. The molecular formula is C10H8ClFN2. The molecule has 0 aliphatic carbocycles. The van der Waals surface area contributed by atoms with Gasteiger partial charge in [0.25, 0.3) is 0 Å². The van der Waals surface area contributed by atoms with E-state index in [9.17, 15) is 4.39 Å². The molecule has 0 atom stereocenters. The van der Waals surface area contributed by atoms with Crippen LogP contribution in [0.25, 0.3) is 5.69 Å². The molecule has 0 saturated carbocycles. The molecule has 72 valence electrons. The van der Waals surface area contributed by atoms with Crippen LogP contribution >= 0.6 is 11.6 Å². The van der Waals surface area contributed by atoms with E-state index in [4.69, 9.17) is 11.6 Å². The molecule has 0 N–H and O–H groups in total.